The molecule has 1 rings (SSSR count). The molecule has 0 saturated heterocycles. The minimum absolute atomic E-state index is 0.199. The second-order valence-corrected chi connectivity index (χ2v) is 4.62. The molecule has 1 aromatic rings. The van der Waals surface area contributed by atoms with Gasteiger partial charge in [-0.15, -0.1) is 0 Å². The van der Waals surface area contributed by atoms with Gasteiger partial charge < -0.3 is 10.6 Å². The Balaban J connectivity index is 2.21. The summed E-state index contributed by atoms with van der Waals surface area (Å²) >= 11 is 3.28. The number of rotatable bonds is 7. The molecule has 0 radical (unpaired) electrons. The highest BCUT2D eigenvalue weighted by Crippen LogP contribution is 2.14. The fourth-order valence-electron chi connectivity index (χ4n) is 1.42. The van der Waals surface area contributed by atoms with E-state index in [-0.39, 0.29) is 5.82 Å². The van der Waals surface area contributed by atoms with Crippen molar-refractivity contribution in [3.8, 4) is 0 Å². The normalized spacial score (nSPS) is 10.7. The quantitative estimate of drug-likeness (QED) is 0.754. The first-order valence-corrected chi connectivity index (χ1v) is 6.38. The topological polar surface area (TPSA) is 24.1 Å². The van der Waals surface area contributed by atoms with E-state index in [2.05, 4.69) is 33.5 Å². The van der Waals surface area contributed by atoms with Crippen LogP contribution in [0, 0.1) is 5.82 Å². The van der Waals surface area contributed by atoms with Crippen molar-refractivity contribution < 1.29 is 4.39 Å². The average Bonchev–Trinajstić information content (AvgIpc) is 2.22. The molecule has 0 aliphatic carbocycles. The minimum Gasteiger partial charge on any atom is -0.315 e. The predicted octanol–water partition coefficient (Wildman–Crippen LogP) is 2.68. The molecule has 0 saturated carbocycles. The van der Waals surface area contributed by atoms with Crippen molar-refractivity contribution in [3.63, 3.8) is 0 Å². The van der Waals surface area contributed by atoms with Crippen LogP contribution in [-0.4, -0.2) is 19.6 Å². The molecule has 0 spiro atoms. The molecule has 0 aliphatic rings. The van der Waals surface area contributed by atoms with Crippen LogP contribution in [-0.2, 0) is 6.54 Å². The van der Waals surface area contributed by atoms with Crippen molar-refractivity contribution in [2.45, 2.75) is 19.9 Å². The Bertz CT molecular complexity index is 298. The van der Waals surface area contributed by atoms with Crippen molar-refractivity contribution in [3.05, 3.63) is 34.1 Å². The molecule has 0 bridgehead atoms. The van der Waals surface area contributed by atoms with Crippen molar-refractivity contribution in [2.24, 2.45) is 0 Å². The van der Waals surface area contributed by atoms with Gasteiger partial charge in [0.1, 0.15) is 5.82 Å². The Labute approximate surface area is 105 Å². The van der Waals surface area contributed by atoms with E-state index in [1.807, 2.05) is 6.07 Å². The van der Waals surface area contributed by atoms with E-state index < -0.39 is 0 Å². The molecular weight excluding hydrogens is 271 g/mol. The summed E-state index contributed by atoms with van der Waals surface area (Å²) in [6.07, 6.45) is 1.15. The molecule has 1 aromatic carbocycles. The molecule has 0 heterocycles. The van der Waals surface area contributed by atoms with Crippen LogP contribution in [0.25, 0.3) is 0 Å². The van der Waals surface area contributed by atoms with Gasteiger partial charge in [0.05, 0.1) is 0 Å². The summed E-state index contributed by atoms with van der Waals surface area (Å²) in [5, 5.41) is 6.56. The summed E-state index contributed by atoms with van der Waals surface area (Å²) in [5.41, 5.74) is 0.961. The smallest absolute Gasteiger partial charge is 0.124 e. The fraction of sp³-hybridized carbons (Fsp3) is 0.500. The molecule has 90 valence electrons. The number of halogens is 2. The third-order valence-corrected chi connectivity index (χ3v) is 2.61. The first kappa shape index (κ1) is 13.6. The molecule has 2 N–H and O–H groups in total. The van der Waals surface area contributed by atoms with Gasteiger partial charge in [0.15, 0.2) is 0 Å². The molecule has 0 fully saturated rings. The highest BCUT2D eigenvalue weighted by Gasteiger charge is 1.98. The van der Waals surface area contributed by atoms with E-state index in [9.17, 15) is 4.39 Å². The number of benzene rings is 1. The van der Waals surface area contributed by atoms with Crippen LogP contribution >= 0.6 is 15.9 Å². The maximum Gasteiger partial charge on any atom is 0.124 e. The summed E-state index contributed by atoms with van der Waals surface area (Å²) in [6.45, 7) is 5.74. The second-order valence-electron chi connectivity index (χ2n) is 3.70. The highest BCUT2D eigenvalue weighted by atomic mass is 79.9. The highest BCUT2D eigenvalue weighted by molar-refractivity contribution is 9.10. The molecule has 0 amide bonds. The van der Waals surface area contributed by atoms with Gasteiger partial charge in [-0.25, -0.2) is 4.39 Å². The summed E-state index contributed by atoms with van der Waals surface area (Å²) in [7, 11) is 0. The van der Waals surface area contributed by atoms with Gasteiger partial charge in [0, 0.05) is 24.1 Å². The first-order valence-electron chi connectivity index (χ1n) is 5.58. The van der Waals surface area contributed by atoms with Crippen molar-refractivity contribution in [2.75, 3.05) is 19.6 Å². The first-order chi connectivity index (χ1) is 7.72. The molecular formula is C12H18BrFN2. The molecule has 0 atom stereocenters. The number of hydrogen-bond donors (Lipinski definition) is 2. The van der Waals surface area contributed by atoms with Crippen LogP contribution in [0.2, 0.25) is 0 Å². The lowest BCUT2D eigenvalue weighted by Gasteiger charge is -2.06. The average molecular weight is 289 g/mol. The summed E-state index contributed by atoms with van der Waals surface area (Å²) in [5.74, 6) is -0.199. The van der Waals surface area contributed by atoms with E-state index in [1.54, 1.807) is 6.07 Å². The van der Waals surface area contributed by atoms with Gasteiger partial charge in [-0.3, -0.25) is 0 Å². The van der Waals surface area contributed by atoms with Crippen LogP contribution in [0.1, 0.15) is 18.9 Å². The minimum atomic E-state index is -0.199. The molecule has 4 heteroatoms. The van der Waals surface area contributed by atoms with Crippen LogP contribution in [0.4, 0.5) is 4.39 Å². The lowest BCUT2D eigenvalue weighted by Crippen LogP contribution is -2.27. The van der Waals surface area contributed by atoms with E-state index in [1.165, 1.54) is 6.07 Å². The Morgan fingerprint density at radius 3 is 2.56 bits per heavy atom. The Morgan fingerprint density at radius 2 is 1.88 bits per heavy atom. The van der Waals surface area contributed by atoms with Gasteiger partial charge in [0.25, 0.3) is 0 Å². The summed E-state index contributed by atoms with van der Waals surface area (Å²) in [6, 6.07) is 4.94. The maximum atomic E-state index is 13.0. The standard InChI is InChI=1S/C12H18BrFN2/c1-2-3-15-4-5-16-9-10-6-11(13)8-12(14)7-10/h6-8,15-16H,2-5,9H2,1H3. The molecule has 0 aromatic heterocycles. The Kier molecular flexibility index (Phi) is 6.61. The molecule has 2 nitrogen and oxygen atoms in total. The predicted molar refractivity (Wildman–Crippen MR) is 69.0 cm³/mol. The lowest BCUT2D eigenvalue weighted by molar-refractivity contribution is 0.599. The monoisotopic (exact) mass is 288 g/mol. The molecule has 0 unspecified atom stereocenters. The van der Waals surface area contributed by atoms with Crippen LogP contribution in [0.5, 0.6) is 0 Å². The van der Waals surface area contributed by atoms with Gasteiger partial charge in [-0.05, 0) is 36.7 Å². The van der Waals surface area contributed by atoms with E-state index >= 15 is 0 Å². The number of hydrogen-bond acceptors (Lipinski definition) is 2. The fourth-order valence-corrected chi connectivity index (χ4v) is 1.94. The maximum absolute atomic E-state index is 13.0. The van der Waals surface area contributed by atoms with E-state index in [4.69, 9.17) is 0 Å². The zero-order valence-corrected chi connectivity index (χ0v) is 11.1. The Hall–Kier alpha value is -0.450. The lowest BCUT2D eigenvalue weighted by atomic mass is 10.2. The van der Waals surface area contributed by atoms with Gasteiger partial charge >= 0.3 is 0 Å². The summed E-state index contributed by atoms with van der Waals surface area (Å²) < 4.78 is 13.8. The third kappa shape index (κ3) is 5.58. The van der Waals surface area contributed by atoms with Crippen LogP contribution < -0.4 is 10.6 Å². The molecule has 0 aliphatic heterocycles. The van der Waals surface area contributed by atoms with Gasteiger partial charge in [-0.1, -0.05) is 22.9 Å². The Morgan fingerprint density at radius 1 is 1.12 bits per heavy atom. The zero-order valence-electron chi connectivity index (χ0n) is 9.52. The molecule has 16 heavy (non-hydrogen) atoms. The number of nitrogens with one attached hydrogen (secondary N) is 2. The third-order valence-electron chi connectivity index (χ3n) is 2.16. The van der Waals surface area contributed by atoms with Crippen molar-refractivity contribution in [1.29, 1.82) is 0 Å². The van der Waals surface area contributed by atoms with Crippen LogP contribution in [0.3, 0.4) is 0 Å². The summed E-state index contributed by atoms with van der Waals surface area (Å²) in [4.78, 5) is 0. The zero-order chi connectivity index (χ0) is 11.8. The van der Waals surface area contributed by atoms with E-state index in [0.717, 1.165) is 36.1 Å². The van der Waals surface area contributed by atoms with Crippen molar-refractivity contribution in [1.82, 2.24) is 10.6 Å². The van der Waals surface area contributed by atoms with Crippen LogP contribution in [0.15, 0.2) is 22.7 Å². The van der Waals surface area contributed by atoms with Gasteiger partial charge in [-0.2, -0.15) is 0 Å². The van der Waals surface area contributed by atoms with Crippen molar-refractivity contribution >= 4 is 15.9 Å². The second kappa shape index (κ2) is 7.76. The largest absolute Gasteiger partial charge is 0.315 e. The SMILES string of the molecule is CCCNCCNCc1cc(F)cc(Br)c1. The van der Waals surface area contributed by atoms with E-state index in [0.29, 0.717) is 6.54 Å². The van der Waals surface area contributed by atoms with Gasteiger partial charge in [0.2, 0.25) is 0 Å².